The highest BCUT2D eigenvalue weighted by molar-refractivity contribution is 9.10. The normalized spacial score (nSPS) is 15.9. The van der Waals surface area contributed by atoms with Gasteiger partial charge in [-0.25, -0.2) is 4.79 Å². The van der Waals surface area contributed by atoms with Crippen molar-refractivity contribution in [1.82, 2.24) is 4.90 Å². The van der Waals surface area contributed by atoms with Gasteiger partial charge in [0.2, 0.25) is 0 Å². The summed E-state index contributed by atoms with van der Waals surface area (Å²) in [5.41, 5.74) is 0. The molecule has 1 aliphatic heterocycles. The average Bonchev–Trinajstić information content (AvgIpc) is 2.33. The lowest BCUT2D eigenvalue weighted by atomic mass is 10.3. The first-order valence-corrected chi connectivity index (χ1v) is 5.86. The molecule has 5 heteroatoms. The van der Waals surface area contributed by atoms with Gasteiger partial charge in [0.15, 0.2) is 0 Å². The second-order valence-corrected chi connectivity index (χ2v) is 4.25. The predicted octanol–water partition coefficient (Wildman–Crippen LogP) is 2.28. The van der Waals surface area contributed by atoms with Crippen LogP contribution in [0.3, 0.4) is 0 Å². The molecule has 0 spiro atoms. The Hall–Kier alpha value is -1.07. The molecule has 1 aromatic rings. The number of hydrogen-bond donors (Lipinski definition) is 0. The fourth-order valence-electron chi connectivity index (χ4n) is 1.43. The van der Waals surface area contributed by atoms with Crippen molar-refractivity contribution in [1.29, 1.82) is 0 Å². The summed E-state index contributed by atoms with van der Waals surface area (Å²) in [5.74, 6) is 0.541. The number of carbonyl (C=O) groups is 1. The van der Waals surface area contributed by atoms with Crippen molar-refractivity contribution in [2.45, 2.75) is 0 Å². The number of amides is 1. The summed E-state index contributed by atoms with van der Waals surface area (Å²) >= 11 is 3.33. The third kappa shape index (κ3) is 2.74. The number of para-hydroxylation sites is 1. The summed E-state index contributed by atoms with van der Waals surface area (Å²) in [6.45, 7) is 2.32. The highest BCUT2D eigenvalue weighted by Crippen LogP contribution is 2.24. The molecule has 1 aliphatic rings. The number of hydrogen-bond acceptors (Lipinski definition) is 3. The summed E-state index contributed by atoms with van der Waals surface area (Å²) in [5, 5.41) is 0. The molecule has 0 saturated carbocycles. The van der Waals surface area contributed by atoms with Crippen LogP contribution in [-0.2, 0) is 4.74 Å². The molecule has 0 atom stereocenters. The van der Waals surface area contributed by atoms with E-state index in [0.29, 0.717) is 32.1 Å². The van der Waals surface area contributed by atoms with Crippen molar-refractivity contribution in [3.05, 3.63) is 28.7 Å². The van der Waals surface area contributed by atoms with Crippen LogP contribution in [-0.4, -0.2) is 37.3 Å². The van der Waals surface area contributed by atoms with Crippen LogP contribution < -0.4 is 4.74 Å². The molecule has 86 valence electrons. The summed E-state index contributed by atoms with van der Waals surface area (Å²) in [4.78, 5) is 13.4. The molecule has 0 unspecified atom stereocenters. The Labute approximate surface area is 102 Å². The lowest BCUT2D eigenvalue weighted by Gasteiger charge is -2.25. The molecule has 1 aromatic carbocycles. The van der Waals surface area contributed by atoms with Crippen LogP contribution in [0, 0.1) is 0 Å². The van der Waals surface area contributed by atoms with E-state index in [1.165, 1.54) is 0 Å². The van der Waals surface area contributed by atoms with E-state index in [-0.39, 0.29) is 6.09 Å². The molecule has 0 aliphatic carbocycles. The molecule has 0 N–H and O–H groups in total. The minimum absolute atomic E-state index is 0.324. The molecule has 1 amide bonds. The van der Waals surface area contributed by atoms with Crippen molar-refractivity contribution in [3.8, 4) is 5.75 Å². The van der Waals surface area contributed by atoms with E-state index in [9.17, 15) is 4.79 Å². The van der Waals surface area contributed by atoms with Crippen LogP contribution in [0.1, 0.15) is 0 Å². The Morgan fingerprint density at radius 1 is 1.31 bits per heavy atom. The largest absolute Gasteiger partial charge is 0.415 e. The van der Waals surface area contributed by atoms with Gasteiger partial charge in [-0.15, -0.1) is 0 Å². The number of ether oxygens (including phenoxy) is 2. The summed E-state index contributed by atoms with van der Waals surface area (Å²) in [7, 11) is 0. The Bertz CT molecular complexity index is 377. The van der Waals surface area contributed by atoms with E-state index in [4.69, 9.17) is 9.47 Å². The van der Waals surface area contributed by atoms with E-state index in [0.717, 1.165) is 4.47 Å². The molecule has 16 heavy (non-hydrogen) atoms. The Balaban J connectivity index is 1.99. The molecule has 0 radical (unpaired) electrons. The van der Waals surface area contributed by atoms with Gasteiger partial charge in [-0.3, -0.25) is 0 Å². The van der Waals surface area contributed by atoms with Crippen molar-refractivity contribution in [3.63, 3.8) is 0 Å². The number of carbonyl (C=O) groups excluding carboxylic acids is 1. The molecule has 2 rings (SSSR count). The van der Waals surface area contributed by atoms with E-state index >= 15 is 0 Å². The van der Waals surface area contributed by atoms with E-state index in [1.807, 2.05) is 18.2 Å². The number of benzene rings is 1. The van der Waals surface area contributed by atoms with Crippen molar-refractivity contribution in [2.24, 2.45) is 0 Å². The smallest absolute Gasteiger partial charge is 0.409 e. The zero-order valence-electron chi connectivity index (χ0n) is 8.69. The first kappa shape index (κ1) is 11.4. The Morgan fingerprint density at radius 3 is 2.69 bits per heavy atom. The van der Waals surface area contributed by atoms with Gasteiger partial charge in [-0.2, -0.15) is 0 Å². The van der Waals surface area contributed by atoms with Gasteiger partial charge in [0, 0.05) is 13.1 Å². The zero-order valence-corrected chi connectivity index (χ0v) is 10.3. The van der Waals surface area contributed by atoms with Gasteiger partial charge in [0.25, 0.3) is 0 Å². The molecular weight excluding hydrogens is 274 g/mol. The molecule has 0 bridgehead atoms. The Kier molecular flexibility index (Phi) is 3.79. The second-order valence-electron chi connectivity index (χ2n) is 3.40. The third-order valence-corrected chi connectivity index (χ3v) is 2.96. The lowest BCUT2D eigenvalue weighted by Crippen LogP contribution is -2.42. The van der Waals surface area contributed by atoms with Crippen molar-refractivity contribution < 1.29 is 14.3 Å². The monoisotopic (exact) mass is 285 g/mol. The minimum Gasteiger partial charge on any atom is -0.409 e. The number of halogens is 1. The van der Waals surface area contributed by atoms with Crippen LogP contribution in [0.25, 0.3) is 0 Å². The molecule has 0 aromatic heterocycles. The van der Waals surface area contributed by atoms with Crippen LogP contribution in [0.2, 0.25) is 0 Å². The van der Waals surface area contributed by atoms with Gasteiger partial charge >= 0.3 is 6.09 Å². The topological polar surface area (TPSA) is 38.8 Å². The van der Waals surface area contributed by atoms with Crippen LogP contribution >= 0.6 is 15.9 Å². The molecule has 1 saturated heterocycles. The summed E-state index contributed by atoms with van der Waals surface area (Å²) in [6.07, 6.45) is -0.324. The SMILES string of the molecule is O=C(Oc1ccccc1Br)N1CCOCC1. The maximum absolute atomic E-state index is 11.7. The maximum atomic E-state index is 11.7. The molecular formula is C11H12BrNO3. The van der Waals surface area contributed by atoms with Gasteiger partial charge in [0.1, 0.15) is 5.75 Å². The first-order valence-electron chi connectivity index (χ1n) is 5.06. The van der Waals surface area contributed by atoms with Crippen LogP contribution in [0.15, 0.2) is 28.7 Å². The first-order chi connectivity index (χ1) is 7.77. The molecule has 1 fully saturated rings. The number of nitrogens with zero attached hydrogens (tertiary/aromatic N) is 1. The average molecular weight is 286 g/mol. The fraction of sp³-hybridized carbons (Fsp3) is 0.364. The third-order valence-electron chi connectivity index (χ3n) is 2.30. The lowest BCUT2D eigenvalue weighted by molar-refractivity contribution is 0.0415. The van der Waals surface area contributed by atoms with E-state index in [1.54, 1.807) is 11.0 Å². The van der Waals surface area contributed by atoms with Gasteiger partial charge in [-0.05, 0) is 28.1 Å². The minimum atomic E-state index is -0.324. The second kappa shape index (κ2) is 5.32. The van der Waals surface area contributed by atoms with Gasteiger partial charge in [-0.1, -0.05) is 12.1 Å². The summed E-state index contributed by atoms with van der Waals surface area (Å²) < 4.78 is 11.2. The molecule has 4 nitrogen and oxygen atoms in total. The van der Waals surface area contributed by atoms with Crippen molar-refractivity contribution >= 4 is 22.0 Å². The van der Waals surface area contributed by atoms with Gasteiger partial charge in [0.05, 0.1) is 17.7 Å². The quantitative estimate of drug-likeness (QED) is 0.795. The van der Waals surface area contributed by atoms with Crippen molar-refractivity contribution in [2.75, 3.05) is 26.3 Å². The maximum Gasteiger partial charge on any atom is 0.415 e. The standard InChI is InChI=1S/C11H12BrNO3/c12-9-3-1-2-4-10(9)16-11(14)13-5-7-15-8-6-13/h1-4H,5-8H2. The zero-order chi connectivity index (χ0) is 11.4. The van der Waals surface area contributed by atoms with E-state index < -0.39 is 0 Å². The Morgan fingerprint density at radius 2 is 2.00 bits per heavy atom. The number of rotatable bonds is 1. The predicted molar refractivity (Wildman–Crippen MR) is 62.6 cm³/mol. The highest BCUT2D eigenvalue weighted by Gasteiger charge is 2.19. The summed E-state index contributed by atoms with van der Waals surface area (Å²) in [6, 6.07) is 7.28. The fourth-order valence-corrected chi connectivity index (χ4v) is 1.80. The van der Waals surface area contributed by atoms with Crippen LogP contribution in [0.4, 0.5) is 4.79 Å². The highest BCUT2D eigenvalue weighted by atomic mass is 79.9. The van der Waals surface area contributed by atoms with Gasteiger partial charge < -0.3 is 14.4 Å². The van der Waals surface area contributed by atoms with Crippen LogP contribution in [0.5, 0.6) is 5.75 Å². The molecule has 1 heterocycles. The number of morpholine rings is 1. The van der Waals surface area contributed by atoms with E-state index in [2.05, 4.69) is 15.9 Å².